The summed E-state index contributed by atoms with van der Waals surface area (Å²) in [5.41, 5.74) is 7.92. The average Bonchev–Trinajstić information content (AvgIpc) is 2.67. The van der Waals surface area contributed by atoms with Gasteiger partial charge in [-0.15, -0.1) is 0 Å². The number of anilines is 1. The Hall–Kier alpha value is -3.60. The van der Waals surface area contributed by atoms with Gasteiger partial charge in [-0.1, -0.05) is 43.0 Å². The van der Waals surface area contributed by atoms with Gasteiger partial charge in [0.2, 0.25) is 0 Å². The van der Waals surface area contributed by atoms with Crippen LogP contribution in [0.15, 0.2) is 73.4 Å². The second kappa shape index (κ2) is 7.98. The highest BCUT2D eigenvalue weighted by molar-refractivity contribution is 5.98. The van der Waals surface area contributed by atoms with E-state index < -0.39 is 0 Å². The smallest absolute Gasteiger partial charge is 0.255 e. The summed E-state index contributed by atoms with van der Waals surface area (Å²) >= 11 is 0. The fourth-order valence-electron chi connectivity index (χ4n) is 2.48. The number of ether oxygens (including phenoxy) is 1. The molecule has 1 aromatic heterocycles. The molecule has 0 atom stereocenters. The number of aromatic nitrogens is 1. The van der Waals surface area contributed by atoms with Gasteiger partial charge in [0, 0.05) is 18.3 Å². The number of benzene rings is 2. The summed E-state index contributed by atoms with van der Waals surface area (Å²) in [7, 11) is 0. The normalized spacial score (nSPS) is 10.2. The molecule has 2 aromatic carbocycles. The Kier molecular flexibility index (Phi) is 5.29. The van der Waals surface area contributed by atoms with E-state index in [0.29, 0.717) is 17.9 Å². The van der Waals surface area contributed by atoms with E-state index in [4.69, 9.17) is 10.5 Å². The molecule has 5 heteroatoms. The minimum atomic E-state index is -0.265. The molecule has 0 aliphatic heterocycles. The number of hydrogen-bond donors (Lipinski definition) is 2. The largest absolute Gasteiger partial charge is 0.457 e. The first kappa shape index (κ1) is 17.2. The average molecular weight is 345 g/mol. The third-order valence-electron chi connectivity index (χ3n) is 3.80. The van der Waals surface area contributed by atoms with Crippen LogP contribution < -0.4 is 15.8 Å². The zero-order chi connectivity index (χ0) is 18.4. The van der Waals surface area contributed by atoms with Gasteiger partial charge in [-0.05, 0) is 35.9 Å². The van der Waals surface area contributed by atoms with Crippen LogP contribution >= 0.6 is 0 Å². The molecule has 1 heterocycles. The molecular formula is C21H19N3O2. The molecule has 130 valence electrons. The van der Waals surface area contributed by atoms with Crippen molar-refractivity contribution in [1.29, 1.82) is 0 Å². The van der Waals surface area contributed by atoms with Crippen molar-refractivity contribution in [3.63, 3.8) is 0 Å². The van der Waals surface area contributed by atoms with Crippen LogP contribution in [0.2, 0.25) is 0 Å². The number of para-hydroxylation sites is 1. The number of amides is 1. The Labute approximate surface area is 152 Å². The fourth-order valence-corrected chi connectivity index (χ4v) is 2.48. The Morgan fingerprint density at radius 3 is 2.81 bits per heavy atom. The van der Waals surface area contributed by atoms with Crippen molar-refractivity contribution in [2.45, 2.75) is 6.54 Å². The Morgan fingerprint density at radius 2 is 2.00 bits per heavy atom. The van der Waals surface area contributed by atoms with Crippen molar-refractivity contribution in [2.75, 3.05) is 5.73 Å². The Bertz CT molecular complexity index is 938. The molecule has 5 nitrogen and oxygen atoms in total. The molecule has 0 bridgehead atoms. The summed E-state index contributed by atoms with van der Waals surface area (Å²) in [5.74, 6) is 1.36. The number of rotatable bonds is 6. The zero-order valence-electron chi connectivity index (χ0n) is 14.2. The minimum absolute atomic E-state index is 0.211. The van der Waals surface area contributed by atoms with Gasteiger partial charge in [0.1, 0.15) is 17.3 Å². The van der Waals surface area contributed by atoms with Crippen LogP contribution in [0.4, 0.5) is 5.82 Å². The van der Waals surface area contributed by atoms with E-state index in [-0.39, 0.29) is 11.7 Å². The summed E-state index contributed by atoms with van der Waals surface area (Å²) in [6.45, 7) is 4.15. The van der Waals surface area contributed by atoms with Crippen LogP contribution in [0.5, 0.6) is 11.5 Å². The van der Waals surface area contributed by atoms with Crippen LogP contribution in [-0.2, 0) is 6.54 Å². The molecule has 3 N–H and O–H groups in total. The maximum atomic E-state index is 12.2. The van der Waals surface area contributed by atoms with Crippen LogP contribution in [-0.4, -0.2) is 10.9 Å². The van der Waals surface area contributed by atoms with Crippen LogP contribution in [0.25, 0.3) is 6.08 Å². The third kappa shape index (κ3) is 4.08. The standard InChI is InChI=1S/C21H19N3O2/c1-2-16-8-3-4-11-19(16)26-17-9-5-7-15(13-17)14-24-21(25)18-10-6-12-23-20(18)22/h2-13H,1,14H2,(H2,22,23)(H,24,25). The van der Waals surface area contributed by atoms with Crippen molar-refractivity contribution in [3.05, 3.63) is 90.1 Å². The number of carbonyl (C=O) groups excluding carboxylic acids is 1. The van der Waals surface area contributed by atoms with Crippen molar-refractivity contribution in [2.24, 2.45) is 0 Å². The van der Waals surface area contributed by atoms with Gasteiger partial charge in [-0.25, -0.2) is 4.98 Å². The number of hydrogen-bond acceptors (Lipinski definition) is 4. The first-order chi connectivity index (χ1) is 12.7. The number of nitrogens with one attached hydrogen (secondary N) is 1. The quantitative estimate of drug-likeness (QED) is 0.707. The number of nitrogens with zero attached hydrogens (tertiary/aromatic N) is 1. The second-order valence-corrected chi connectivity index (χ2v) is 5.61. The second-order valence-electron chi connectivity index (χ2n) is 5.61. The molecule has 0 saturated heterocycles. The van der Waals surface area contributed by atoms with E-state index in [9.17, 15) is 4.79 Å². The first-order valence-corrected chi connectivity index (χ1v) is 8.14. The predicted molar refractivity (Wildman–Crippen MR) is 103 cm³/mol. The molecule has 26 heavy (non-hydrogen) atoms. The summed E-state index contributed by atoms with van der Waals surface area (Å²) in [6.07, 6.45) is 3.30. The van der Waals surface area contributed by atoms with Gasteiger partial charge in [0.25, 0.3) is 5.91 Å². The highest BCUT2D eigenvalue weighted by Gasteiger charge is 2.10. The lowest BCUT2D eigenvalue weighted by atomic mass is 10.2. The van der Waals surface area contributed by atoms with Crippen molar-refractivity contribution in [3.8, 4) is 11.5 Å². The van der Waals surface area contributed by atoms with Gasteiger partial charge >= 0.3 is 0 Å². The molecular weight excluding hydrogens is 326 g/mol. The molecule has 0 aliphatic rings. The maximum absolute atomic E-state index is 12.2. The third-order valence-corrected chi connectivity index (χ3v) is 3.80. The van der Waals surface area contributed by atoms with E-state index in [1.807, 2.05) is 48.5 Å². The maximum Gasteiger partial charge on any atom is 0.255 e. The van der Waals surface area contributed by atoms with E-state index in [1.165, 1.54) is 0 Å². The van der Waals surface area contributed by atoms with Gasteiger partial charge in [0.05, 0.1) is 5.56 Å². The molecule has 3 aromatic rings. The molecule has 0 aliphatic carbocycles. The summed E-state index contributed by atoms with van der Waals surface area (Å²) in [4.78, 5) is 16.1. The topological polar surface area (TPSA) is 77.2 Å². The lowest BCUT2D eigenvalue weighted by molar-refractivity contribution is 0.0951. The molecule has 0 saturated carbocycles. The summed E-state index contributed by atoms with van der Waals surface area (Å²) in [5, 5.41) is 2.84. The number of pyridine rings is 1. The van der Waals surface area contributed by atoms with Gasteiger partial charge in [-0.2, -0.15) is 0 Å². The lowest BCUT2D eigenvalue weighted by Gasteiger charge is -2.11. The van der Waals surface area contributed by atoms with E-state index in [2.05, 4.69) is 16.9 Å². The summed E-state index contributed by atoms with van der Waals surface area (Å²) < 4.78 is 5.94. The molecule has 0 unspecified atom stereocenters. The van der Waals surface area contributed by atoms with Crippen LogP contribution in [0.3, 0.4) is 0 Å². The van der Waals surface area contributed by atoms with Gasteiger partial charge < -0.3 is 15.8 Å². The van der Waals surface area contributed by atoms with Gasteiger partial charge in [0.15, 0.2) is 0 Å². The molecule has 0 radical (unpaired) electrons. The Morgan fingerprint density at radius 1 is 1.15 bits per heavy atom. The van der Waals surface area contributed by atoms with E-state index in [0.717, 1.165) is 16.9 Å². The molecule has 1 amide bonds. The van der Waals surface area contributed by atoms with Crippen molar-refractivity contribution in [1.82, 2.24) is 10.3 Å². The van der Waals surface area contributed by atoms with Gasteiger partial charge in [-0.3, -0.25) is 4.79 Å². The minimum Gasteiger partial charge on any atom is -0.457 e. The lowest BCUT2D eigenvalue weighted by Crippen LogP contribution is -2.24. The number of nitrogen functional groups attached to an aromatic ring is 1. The predicted octanol–water partition coefficient (Wildman–Crippen LogP) is 4.03. The highest BCUT2D eigenvalue weighted by Crippen LogP contribution is 2.26. The van der Waals surface area contributed by atoms with Crippen molar-refractivity contribution < 1.29 is 9.53 Å². The zero-order valence-corrected chi connectivity index (χ0v) is 14.2. The monoisotopic (exact) mass is 345 g/mol. The summed E-state index contributed by atoms with van der Waals surface area (Å²) in [6, 6.07) is 18.5. The first-order valence-electron chi connectivity index (χ1n) is 8.14. The van der Waals surface area contributed by atoms with Crippen molar-refractivity contribution >= 4 is 17.8 Å². The van der Waals surface area contributed by atoms with E-state index >= 15 is 0 Å². The highest BCUT2D eigenvalue weighted by atomic mass is 16.5. The number of carbonyl (C=O) groups is 1. The van der Waals surface area contributed by atoms with Crippen LogP contribution in [0, 0.1) is 0 Å². The number of nitrogens with two attached hydrogens (primary N) is 1. The molecule has 0 fully saturated rings. The Balaban J connectivity index is 1.69. The SMILES string of the molecule is C=Cc1ccccc1Oc1cccc(CNC(=O)c2cccnc2N)c1. The fraction of sp³-hybridized carbons (Fsp3) is 0.0476. The molecule has 3 rings (SSSR count). The van der Waals surface area contributed by atoms with Crippen LogP contribution in [0.1, 0.15) is 21.5 Å². The van der Waals surface area contributed by atoms with E-state index in [1.54, 1.807) is 24.4 Å². The molecule has 0 spiro atoms.